The van der Waals surface area contributed by atoms with Crippen LogP contribution in [0.1, 0.15) is 18.8 Å². The van der Waals surface area contributed by atoms with Crippen molar-refractivity contribution in [1.82, 2.24) is 24.5 Å². The summed E-state index contributed by atoms with van der Waals surface area (Å²) in [5, 5.41) is 3.96. The fourth-order valence-electron chi connectivity index (χ4n) is 3.51. The average Bonchev–Trinajstić information content (AvgIpc) is 3.24. The molecule has 0 amide bonds. The number of aromatic nitrogens is 5. The number of nitrogens with zero attached hydrogens (tertiary/aromatic N) is 4. The Balaban J connectivity index is 1.69. The largest absolute Gasteiger partial charge is 0.359 e. The number of hydrogen-bond donors (Lipinski definition) is 2. The molecule has 0 fully saturated rings. The molecule has 5 aromatic rings. The summed E-state index contributed by atoms with van der Waals surface area (Å²) in [5.74, 6) is 1.24. The molecule has 142 valence electrons. The van der Waals surface area contributed by atoms with E-state index in [4.69, 9.17) is 4.98 Å². The van der Waals surface area contributed by atoms with Gasteiger partial charge in [0.1, 0.15) is 11.3 Å². The minimum Gasteiger partial charge on any atom is -0.359 e. The third kappa shape index (κ3) is 2.93. The van der Waals surface area contributed by atoms with Gasteiger partial charge in [0.05, 0.1) is 34.5 Å². The third-order valence-electron chi connectivity index (χ3n) is 4.89. The molecule has 0 aliphatic carbocycles. The van der Waals surface area contributed by atoms with E-state index in [2.05, 4.69) is 20.3 Å². The second kappa shape index (κ2) is 6.87. The van der Waals surface area contributed by atoms with Crippen LogP contribution < -0.4 is 10.9 Å². The van der Waals surface area contributed by atoms with Crippen molar-refractivity contribution in [2.24, 2.45) is 0 Å². The highest BCUT2D eigenvalue weighted by Crippen LogP contribution is 2.24. The summed E-state index contributed by atoms with van der Waals surface area (Å²) >= 11 is 0. The number of H-pyrrole nitrogens is 1. The van der Waals surface area contributed by atoms with Crippen LogP contribution in [-0.4, -0.2) is 24.5 Å². The number of para-hydroxylation sites is 2. The topological polar surface area (TPSA) is 88.5 Å². The van der Waals surface area contributed by atoms with Crippen molar-refractivity contribution in [3.8, 4) is 5.69 Å². The molecular formula is C22H18N6O. The van der Waals surface area contributed by atoms with Crippen molar-refractivity contribution in [2.45, 2.75) is 13.0 Å². The zero-order chi connectivity index (χ0) is 19.8. The molecule has 3 heterocycles. The molecule has 7 nitrogen and oxygen atoms in total. The normalized spacial score (nSPS) is 12.3. The van der Waals surface area contributed by atoms with E-state index in [-0.39, 0.29) is 11.6 Å². The van der Waals surface area contributed by atoms with Crippen LogP contribution in [0.25, 0.3) is 27.6 Å². The minimum atomic E-state index is -0.290. The van der Waals surface area contributed by atoms with E-state index in [0.29, 0.717) is 22.5 Å². The van der Waals surface area contributed by atoms with E-state index in [0.717, 1.165) is 16.7 Å². The van der Waals surface area contributed by atoms with Crippen molar-refractivity contribution in [2.75, 3.05) is 5.32 Å². The van der Waals surface area contributed by atoms with Crippen molar-refractivity contribution in [3.05, 3.63) is 89.4 Å². The van der Waals surface area contributed by atoms with Gasteiger partial charge in [-0.1, -0.05) is 30.3 Å². The molecule has 0 aliphatic heterocycles. The van der Waals surface area contributed by atoms with Gasteiger partial charge in [-0.05, 0) is 37.3 Å². The zero-order valence-corrected chi connectivity index (χ0v) is 15.7. The molecule has 3 aromatic heterocycles. The van der Waals surface area contributed by atoms with Crippen molar-refractivity contribution in [3.63, 3.8) is 0 Å². The molecule has 1 unspecified atom stereocenters. The molecule has 1 atom stereocenters. The first-order valence-electron chi connectivity index (χ1n) is 9.34. The predicted octanol–water partition coefficient (Wildman–Crippen LogP) is 3.83. The van der Waals surface area contributed by atoms with E-state index >= 15 is 0 Å². The molecule has 0 spiro atoms. The highest BCUT2D eigenvalue weighted by molar-refractivity contribution is 5.85. The number of benzene rings is 2. The van der Waals surface area contributed by atoms with Gasteiger partial charge in [0.2, 0.25) is 0 Å². The van der Waals surface area contributed by atoms with E-state index < -0.39 is 0 Å². The molecule has 5 rings (SSSR count). The van der Waals surface area contributed by atoms with Crippen molar-refractivity contribution >= 4 is 27.8 Å². The maximum absolute atomic E-state index is 13.3. The molecule has 7 heteroatoms. The second-order valence-electron chi connectivity index (χ2n) is 6.79. The van der Waals surface area contributed by atoms with Gasteiger partial charge in [-0.2, -0.15) is 0 Å². The number of rotatable bonds is 4. The fourth-order valence-corrected chi connectivity index (χ4v) is 3.51. The molecule has 2 aromatic carbocycles. The van der Waals surface area contributed by atoms with Crippen LogP contribution in [0.5, 0.6) is 0 Å². The maximum Gasteiger partial charge on any atom is 0.266 e. The summed E-state index contributed by atoms with van der Waals surface area (Å²) in [5.41, 5.74) is 2.97. The number of imidazole rings is 1. The molecule has 2 N–H and O–H groups in total. The zero-order valence-electron chi connectivity index (χ0n) is 15.7. The molecule has 29 heavy (non-hydrogen) atoms. The SMILES string of the molecule is CC(Nc1nccc2[nH]cnc12)c1nc2ccccc2c(=O)n1-c1ccccc1. The Labute approximate surface area is 166 Å². The first kappa shape index (κ1) is 17.1. The Morgan fingerprint density at radius 2 is 1.79 bits per heavy atom. The summed E-state index contributed by atoms with van der Waals surface area (Å²) in [6.45, 7) is 1.96. The van der Waals surface area contributed by atoms with E-state index in [1.807, 2.05) is 61.5 Å². The Bertz CT molecular complexity index is 1370. The lowest BCUT2D eigenvalue weighted by atomic mass is 10.2. The predicted molar refractivity (Wildman–Crippen MR) is 113 cm³/mol. The summed E-state index contributed by atoms with van der Waals surface area (Å²) in [7, 11) is 0. The first-order valence-corrected chi connectivity index (χ1v) is 9.34. The second-order valence-corrected chi connectivity index (χ2v) is 6.79. The average molecular weight is 382 g/mol. The van der Waals surface area contributed by atoms with E-state index in [1.54, 1.807) is 23.2 Å². The molecular weight excluding hydrogens is 364 g/mol. The van der Waals surface area contributed by atoms with Gasteiger partial charge in [-0.15, -0.1) is 0 Å². The Kier molecular flexibility index (Phi) is 4.05. The number of anilines is 1. The maximum atomic E-state index is 13.3. The van der Waals surface area contributed by atoms with E-state index in [9.17, 15) is 4.79 Å². The fraction of sp³-hybridized carbons (Fsp3) is 0.0909. The Morgan fingerprint density at radius 3 is 2.66 bits per heavy atom. The highest BCUT2D eigenvalue weighted by atomic mass is 16.1. The van der Waals surface area contributed by atoms with E-state index in [1.165, 1.54) is 0 Å². The molecule has 0 saturated heterocycles. The van der Waals surface area contributed by atoms with Gasteiger partial charge >= 0.3 is 0 Å². The number of pyridine rings is 1. The summed E-state index contributed by atoms with van der Waals surface area (Å²) in [4.78, 5) is 30.0. The lowest BCUT2D eigenvalue weighted by Crippen LogP contribution is -2.27. The molecule has 0 radical (unpaired) electrons. The molecule has 0 saturated carbocycles. The van der Waals surface area contributed by atoms with Crippen LogP contribution in [0.4, 0.5) is 5.82 Å². The van der Waals surface area contributed by atoms with Crippen molar-refractivity contribution in [1.29, 1.82) is 0 Å². The van der Waals surface area contributed by atoms with Gasteiger partial charge in [-0.25, -0.2) is 15.0 Å². The number of aromatic amines is 1. The summed E-state index contributed by atoms with van der Waals surface area (Å²) < 4.78 is 1.66. The smallest absolute Gasteiger partial charge is 0.266 e. The van der Waals surface area contributed by atoms with Gasteiger partial charge in [-0.3, -0.25) is 9.36 Å². The van der Waals surface area contributed by atoms with Crippen LogP contribution in [0.2, 0.25) is 0 Å². The van der Waals surface area contributed by atoms with Crippen LogP contribution in [0.3, 0.4) is 0 Å². The molecule has 0 aliphatic rings. The first-order chi connectivity index (χ1) is 14.2. The lowest BCUT2D eigenvalue weighted by Gasteiger charge is -2.20. The van der Waals surface area contributed by atoms with Gasteiger partial charge < -0.3 is 10.3 Å². The monoisotopic (exact) mass is 382 g/mol. The Hall–Kier alpha value is -4.00. The standard InChI is InChI=1S/C22H18N6O/c1-14(26-20-19-18(11-12-23-20)24-13-25-19)21-27-17-10-6-5-9-16(17)22(29)28(21)15-7-3-2-4-8-15/h2-14H,1H3,(H,23,26)(H,24,25). The lowest BCUT2D eigenvalue weighted by molar-refractivity contribution is 0.732. The Morgan fingerprint density at radius 1 is 1.00 bits per heavy atom. The molecule has 0 bridgehead atoms. The van der Waals surface area contributed by atoms with Crippen LogP contribution in [0, 0.1) is 0 Å². The van der Waals surface area contributed by atoms with Gasteiger partial charge in [0.25, 0.3) is 5.56 Å². The van der Waals surface area contributed by atoms with Crippen molar-refractivity contribution < 1.29 is 0 Å². The summed E-state index contributed by atoms with van der Waals surface area (Å²) in [6, 6.07) is 18.5. The number of hydrogen-bond acceptors (Lipinski definition) is 5. The van der Waals surface area contributed by atoms with Crippen LogP contribution in [-0.2, 0) is 0 Å². The summed E-state index contributed by atoms with van der Waals surface area (Å²) in [6.07, 6.45) is 3.35. The third-order valence-corrected chi connectivity index (χ3v) is 4.89. The van der Waals surface area contributed by atoms with Gasteiger partial charge in [0, 0.05) is 6.20 Å². The van der Waals surface area contributed by atoms with Crippen LogP contribution >= 0.6 is 0 Å². The minimum absolute atomic E-state index is 0.101. The van der Waals surface area contributed by atoms with Crippen LogP contribution in [0.15, 0.2) is 78.0 Å². The van der Waals surface area contributed by atoms with Gasteiger partial charge in [0.15, 0.2) is 5.82 Å². The highest BCUT2D eigenvalue weighted by Gasteiger charge is 2.19. The quantitative estimate of drug-likeness (QED) is 0.493. The number of nitrogens with one attached hydrogen (secondary N) is 2. The number of fused-ring (bicyclic) bond motifs is 2.